The van der Waals surface area contributed by atoms with E-state index in [-0.39, 0.29) is 13.2 Å². The van der Waals surface area contributed by atoms with Crippen molar-refractivity contribution < 1.29 is 10.2 Å². The van der Waals surface area contributed by atoms with Crippen molar-refractivity contribution in [2.45, 2.75) is 13.2 Å². The molecule has 5 rings (SSSR count). The molecule has 0 aliphatic rings. The van der Waals surface area contributed by atoms with Crippen molar-refractivity contribution in [2.24, 2.45) is 0 Å². The molecular weight excluding hydrogens is 320 g/mol. The second kappa shape index (κ2) is 5.80. The summed E-state index contributed by atoms with van der Waals surface area (Å²) in [6.45, 7) is -0.134. The van der Waals surface area contributed by atoms with Crippen LogP contribution in [0.15, 0.2) is 72.8 Å². The molecule has 0 saturated carbocycles. The zero-order valence-electron chi connectivity index (χ0n) is 14.2. The van der Waals surface area contributed by atoms with Crippen LogP contribution in [0.2, 0.25) is 0 Å². The summed E-state index contributed by atoms with van der Waals surface area (Å²) >= 11 is 0. The number of aliphatic hydroxyl groups is 2. The number of fused-ring (bicyclic) bond motifs is 4. The Labute approximate surface area is 150 Å². The molecule has 0 saturated heterocycles. The Balaban J connectivity index is 1.87. The molecule has 0 fully saturated rings. The van der Waals surface area contributed by atoms with Crippen molar-refractivity contribution in [3.8, 4) is 0 Å². The zero-order chi connectivity index (χ0) is 17.7. The van der Waals surface area contributed by atoms with Gasteiger partial charge in [0.1, 0.15) is 0 Å². The Morgan fingerprint density at radius 1 is 0.500 bits per heavy atom. The van der Waals surface area contributed by atoms with Crippen LogP contribution in [0.5, 0.6) is 0 Å². The highest BCUT2D eigenvalue weighted by Crippen LogP contribution is 2.32. The second-order valence-electron chi connectivity index (χ2n) is 6.84. The number of rotatable bonds is 2. The lowest BCUT2D eigenvalue weighted by molar-refractivity contribution is 0.261. The van der Waals surface area contributed by atoms with Gasteiger partial charge in [-0.3, -0.25) is 0 Å². The third-order valence-corrected chi connectivity index (χ3v) is 5.33. The molecule has 0 atom stereocenters. The number of hydrogen-bond acceptors (Lipinski definition) is 2. The van der Waals surface area contributed by atoms with Gasteiger partial charge in [0.15, 0.2) is 0 Å². The summed E-state index contributed by atoms with van der Waals surface area (Å²) < 4.78 is 0. The molecule has 0 heterocycles. The smallest absolute Gasteiger partial charge is 0.0691 e. The van der Waals surface area contributed by atoms with Gasteiger partial charge in [-0.25, -0.2) is 0 Å². The van der Waals surface area contributed by atoms with E-state index in [1.807, 2.05) is 12.1 Å². The maximum atomic E-state index is 9.80. The molecule has 0 spiro atoms. The van der Waals surface area contributed by atoms with E-state index in [1.165, 1.54) is 26.9 Å². The minimum absolute atomic E-state index is 0.0619. The minimum Gasteiger partial charge on any atom is -0.392 e. The first-order valence-electron chi connectivity index (χ1n) is 8.79. The monoisotopic (exact) mass is 338 g/mol. The third-order valence-electron chi connectivity index (χ3n) is 5.33. The van der Waals surface area contributed by atoms with Crippen LogP contribution >= 0.6 is 0 Å². The van der Waals surface area contributed by atoms with Crippen molar-refractivity contribution in [3.63, 3.8) is 0 Å². The molecule has 5 aromatic carbocycles. The first-order valence-corrected chi connectivity index (χ1v) is 8.79. The van der Waals surface area contributed by atoms with Gasteiger partial charge in [0, 0.05) is 0 Å². The van der Waals surface area contributed by atoms with E-state index in [4.69, 9.17) is 0 Å². The van der Waals surface area contributed by atoms with Crippen molar-refractivity contribution in [2.75, 3.05) is 0 Å². The van der Waals surface area contributed by atoms with Crippen LogP contribution in [0, 0.1) is 0 Å². The molecule has 0 radical (unpaired) electrons. The molecule has 0 amide bonds. The largest absolute Gasteiger partial charge is 0.392 e. The lowest BCUT2D eigenvalue weighted by Gasteiger charge is -2.12. The summed E-state index contributed by atoms with van der Waals surface area (Å²) in [5.41, 5.74) is 1.59. The average molecular weight is 338 g/mol. The molecule has 0 bridgehead atoms. The Morgan fingerprint density at radius 3 is 1.62 bits per heavy atom. The fraction of sp³-hybridized carbons (Fsp3) is 0.0833. The molecule has 2 N–H and O–H groups in total. The normalized spacial score (nSPS) is 11.8. The van der Waals surface area contributed by atoms with E-state index in [2.05, 4.69) is 60.7 Å². The van der Waals surface area contributed by atoms with Gasteiger partial charge in [-0.2, -0.15) is 0 Å². The molecule has 2 nitrogen and oxygen atoms in total. The van der Waals surface area contributed by atoms with Gasteiger partial charge >= 0.3 is 0 Å². The van der Waals surface area contributed by atoms with Crippen LogP contribution in [-0.2, 0) is 13.2 Å². The summed E-state index contributed by atoms with van der Waals surface area (Å²) in [5.74, 6) is 0. The Morgan fingerprint density at radius 2 is 1.04 bits per heavy atom. The van der Waals surface area contributed by atoms with Gasteiger partial charge in [0.05, 0.1) is 13.2 Å². The van der Waals surface area contributed by atoms with Crippen LogP contribution in [0.1, 0.15) is 11.1 Å². The predicted octanol–water partition coefficient (Wildman–Crippen LogP) is 5.28. The average Bonchev–Trinajstić information content (AvgIpc) is 2.68. The summed E-state index contributed by atoms with van der Waals surface area (Å²) in [5, 5.41) is 28.7. The molecular formula is C24H18O2. The number of benzene rings is 5. The summed E-state index contributed by atoms with van der Waals surface area (Å²) in [7, 11) is 0. The highest BCUT2D eigenvalue weighted by atomic mass is 16.3. The van der Waals surface area contributed by atoms with E-state index < -0.39 is 0 Å². The molecule has 0 unspecified atom stereocenters. The first kappa shape index (κ1) is 15.3. The highest BCUT2D eigenvalue weighted by molar-refractivity contribution is 6.08. The predicted molar refractivity (Wildman–Crippen MR) is 108 cm³/mol. The molecule has 2 heteroatoms. The van der Waals surface area contributed by atoms with Crippen molar-refractivity contribution in [1.29, 1.82) is 0 Å². The number of hydrogen-bond donors (Lipinski definition) is 2. The van der Waals surface area contributed by atoms with Gasteiger partial charge < -0.3 is 10.2 Å². The maximum Gasteiger partial charge on any atom is 0.0691 e. The van der Waals surface area contributed by atoms with E-state index in [9.17, 15) is 10.2 Å². The topological polar surface area (TPSA) is 40.5 Å². The fourth-order valence-corrected chi connectivity index (χ4v) is 3.96. The quantitative estimate of drug-likeness (QED) is 0.430. The molecule has 0 aliphatic carbocycles. The minimum atomic E-state index is -0.0725. The van der Waals surface area contributed by atoms with Gasteiger partial charge in [0.25, 0.3) is 0 Å². The number of aliphatic hydroxyl groups excluding tert-OH is 2. The Hall–Kier alpha value is -2.94. The second-order valence-corrected chi connectivity index (χ2v) is 6.84. The fourth-order valence-electron chi connectivity index (χ4n) is 3.96. The van der Waals surface area contributed by atoms with Crippen LogP contribution in [0.25, 0.3) is 43.1 Å². The molecule has 5 aromatic rings. The van der Waals surface area contributed by atoms with Gasteiger partial charge in [-0.15, -0.1) is 0 Å². The van der Waals surface area contributed by atoms with Crippen LogP contribution < -0.4 is 0 Å². The van der Waals surface area contributed by atoms with Crippen molar-refractivity contribution in [3.05, 3.63) is 83.9 Å². The molecule has 126 valence electrons. The molecule has 26 heavy (non-hydrogen) atoms. The highest BCUT2D eigenvalue weighted by Gasteiger charge is 2.09. The summed E-state index contributed by atoms with van der Waals surface area (Å²) in [6, 6.07) is 25.5. The molecule has 0 aromatic heterocycles. The van der Waals surface area contributed by atoms with Crippen LogP contribution in [-0.4, -0.2) is 10.2 Å². The SMILES string of the molecule is OCc1ccc2cc3cc4cc5ccccc5cc4cc3cc2c1CO. The third kappa shape index (κ3) is 2.27. The van der Waals surface area contributed by atoms with E-state index in [0.29, 0.717) is 0 Å². The maximum absolute atomic E-state index is 9.80. The first-order chi connectivity index (χ1) is 12.8. The van der Waals surface area contributed by atoms with E-state index >= 15 is 0 Å². The molecule has 0 aliphatic heterocycles. The van der Waals surface area contributed by atoms with Gasteiger partial charge in [0.2, 0.25) is 0 Å². The van der Waals surface area contributed by atoms with E-state index in [1.54, 1.807) is 0 Å². The van der Waals surface area contributed by atoms with Crippen molar-refractivity contribution >= 4 is 43.1 Å². The van der Waals surface area contributed by atoms with E-state index in [0.717, 1.165) is 27.3 Å². The van der Waals surface area contributed by atoms with Crippen LogP contribution in [0.4, 0.5) is 0 Å². The Bertz CT molecular complexity index is 1300. The van der Waals surface area contributed by atoms with Gasteiger partial charge in [-0.05, 0) is 90.6 Å². The lowest BCUT2D eigenvalue weighted by atomic mass is 9.94. The summed E-state index contributed by atoms with van der Waals surface area (Å²) in [6.07, 6.45) is 0. The van der Waals surface area contributed by atoms with Crippen molar-refractivity contribution in [1.82, 2.24) is 0 Å². The zero-order valence-corrected chi connectivity index (χ0v) is 14.2. The van der Waals surface area contributed by atoms with Crippen LogP contribution in [0.3, 0.4) is 0 Å². The standard InChI is InChI=1S/C24H18O2/c25-13-18-6-5-17-9-21-10-19-7-15-3-1-2-4-16(15)8-20(19)11-22(21)12-23(17)24(18)14-26/h1-12,25-26H,13-14H2. The Kier molecular flexibility index (Phi) is 3.42. The lowest BCUT2D eigenvalue weighted by Crippen LogP contribution is -1.95. The van der Waals surface area contributed by atoms with Gasteiger partial charge in [-0.1, -0.05) is 36.4 Å². The summed E-state index contributed by atoms with van der Waals surface area (Å²) in [4.78, 5) is 0.